The van der Waals surface area contributed by atoms with Crippen molar-refractivity contribution < 1.29 is 4.42 Å². The van der Waals surface area contributed by atoms with Crippen LogP contribution in [0.3, 0.4) is 0 Å². The Morgan fingerprint density at radius 3 is 1.97 bits per heavy atom. The Balaban J connectivity index is 0.948. The van der Waals surface area contributed by atoms with Crippen LogP contribution in [0.5, 0.6) is 0 Å². The molecule has 0 amide bonds. The molecule has 0 saturated heterocycles. The van der Waals surface area contributed by atoms with Gasteiger partial charge in [-0.3, -0.25) is 0 Å². The van der Waals surface area contributed by atoms with Gasteiger partial charge in [-0.25, -0.2) is 15.0 Å². The summed E-state index contributed by atoms with van der Waals surface area (Å²) >= 11 is 0. The molecular formula is C55H38N4O. The molecule has 0 spiro atoms. The van der Waals surface area contributed by atoms with Gasteiger partial charge in [-0.1, -0.05) is 172 Å². The highest BCUT2D eigenvalue weighted by Gasteiger charge is 2.36. The SMILES string of the molecule is CC1(C)c2ccccc2-c2ccc(C3=NC(c4ccc(-c5ccc(-c6nc7ccccc7c7oc8ccccc8c67)c6ccccc56)cc4)=NC(c4ccccc4)N3)cc21. The first-order valence-electron chi connectivity index (χ1n) is 20.6. The zero-order valence-electron chi connectivity index (χ0n) is 33.1. The van der Waals surface area contributed by atoms with E-state index in [0.717, 1.165) is 88.5 Å². The lowest BCUT2D eigenvalue weighted by Crippen LogP contribution is -2.33. The van der Waals surface area contributed by atoms with Crippen molar-refractivity contribution in [3.05, 3.63) is 210 Å². The number of nitrogens with one attached hydrogen (secondary N) is 1. The third-order valence-corrected chi connectivity index (χ3v) is 12.6. The molecule has 1 unspecified atom stereocenters. The van der Waals surface area contributed by atoms with Gasteiger partial charge in [0.25, 0.3) is 0 Å². The second-order valence-electron chi connectivity index (χ2n) is 16.4. The Bertz CT molecular complexity index is 3430. The van der Waals surface area contributed by atoms with Crippen LogP contribution in [0.1, 0.15) is 47.8 Å². The van der Waals surface area contributed by atoms with Gasteiger partial charge in [-0.15, -0.1) is 0 Å². The molecule has 5 heteroatoms. The molecule has 0 saturated carbocycles. The summed E-state index contributed by atoms with van der Waals surface area (Å²) in [6, 6.07) is 64.2. The fourth-order valence-electron chi connectivity index (χ4n) is 9.54. The molecule has 0 radical (unpaired) electrons. The zero-order chi connectivity index (χ0) is 40.0. The second-order valence-corrected chi connectivity index (χ2v) is 16.4. The number of hydrogen-bond donors (Lipinski definition) is 1. The Labute approximate surface area is 347 Å². The summed E-state index contributed by atoms with van der Waals surface area (Å²) in [5.74, 6) is 1.52. The van der Waals surface area contributed by atoms with Crippen LogP contribution < -0.4 is 5.32 Å². The van der Waals surface area contributed by atoms with Crippen molar-refractivity contribution in [1.29, 1.82) is 0 Å². The van der Waals surface area contributed by atoms with E-state index in [4.69, 9.17) is 19.4 Å². The molecule has 2 aliphatic rings. The molecule has 60 heavy (non-hydrogen) atoms. The maximum atomic E-state index is 6.53. The van der Waals surface area contributed by atoms with Crippen molar-refractivity contribution in [1.82, 2.24) is 10.3 Å². The normalized spacial score (nSPS) is 15.5. The summed E-state index contributed by atoms with van der Waals surface area (Å²) in [4.78, 5) is 15.7. The van der Waals surface area contributed by atoms with Crippen molar-refractivity contribution in [3.63, 3.8) is 0 Å². The van der Waals surface area contributed by atoms with E-state index in [1.54, 1.807) is 0 Å². The van der Waals surface area contributed by atoms with Crippen molar-refractivity contribution >= 4 is 55.3 Å². The van der Waals surface area contributed by atoms with Crippen LogP contribution in [0.15, 0.2) is 196 Å². The molecule has 1 aliphatic carbocycles. The topological polar surface area (TPSA) is 62.8 Å². The first-order valence-corrected chi connectivity index (χ1v) is 20.6. The number of fused-ring (bicyclic) bond motifs is 9. The van der Waals surface area contributed by atoms with Crippen LogP contribution >= 0.6 is 0 Å². The fraction of sp³-hybridized carbons (Fsp3) is 0.0727. The Morgan fingerprint density at radius 1 is 0.517 bits per heavy atom. The third-order valence-electron chi connectivity index (χ3n) is 12.6. The zero-order valence-corrected chi connectivity index (χ0v) is 33.1. The summed E-state index contributed by atoms with van der Waals surface area (Å²) in [7, 11) is 0. The summed E-state index contributed by atoms with van der Waals surface area (Å²) in [6.45, 7) is 4.63. The number of rotatable bonds is 5. The Kier molecular flexibility index (Phi) is 7.57. The van der Waals surface area contributed by atoms with E-state index in [9.17, 15) is 0 Å². The molecule has 8 aromatic carbocycles. The quantitative estimate of drug-likeness (QED) is 0.190. The van der Waals surface area contributed by atoms with Crippen molar-refractivity contribution in [2.75, 3.05) is 0 Å². The summed E-state index contributed by atoms with van der Waals surface area (Å²) in [5, 5.41) is 9.09. The number of benzene rings is 8. The summed E-state index contributed by atoms with van der Waals surface area (Å²) in [6.07, 6.45) is -0.286. The molecule has 284 valence electrons. The first-order chi connectivity index (χ1) is 29.5. The van der Waals surface area contributed by atoms with Gasteiger partial charge in [0, 0.05) is 32.9 Å². The fourth-order valence-corrected chi connectivity index (χ4v) is 9.54. The van der Waals surface area contributed by atoms with Gasteiger partial charge in [-0.05, 0) is 74.0 Å². The highest BCUT2D eigenvalue weighted by molar-refractivity contribution is 6.21. The highest BCUT2D eigenvalue weighted by atomic mass is 16.3. The van der Waals surface area contributed by atoms with Gasteiger partial charge in [-0.2, -0.15) is 0 Å². The van der Waals surface area contributed by atoms with Gasteiger partial charge in [0.2, 0.25) is 0 Å². The van der Waals surface area contributed by atoms with E-state index >= 15 is 0 Å². The lowest BCUT2D eigenvalue weighted by atomic mass is 9.82. The lowest BCUT2D eigenvalue weighted by molar-refractivity contribution is 0.658. The molecule has 3 heterocycles. The van der Waals surface area contributed by atoms with Crippen LogP contribution in [0.4, 0.5) is 0 Å². The van der Waals surface area contributed by atoms with Gasteiger partial charge < -0.3 is 9.73 Å². The van der Waals surface area contributed by atoms with Crippen molar-refractivity contribution in [3.8, 4) is 33.5 Å². The molecule has 1 aliphatic heterocycles. The number of nitrogens with zero attached hydrogens (tertiary/aromatic N) is 3. The average Bonchev–Trinajstić information content (AvgIpc) is 3.81. The Morgan fingerprint density at radius 2 is 1.13 bits per heavy atom. The minimum absolute atomic E-state index is 0.114. The molecule has 5 nitrogen and oxygen atoms in total. The molecule has 0 bridgehead atoms. The maximum absolute atomic E-state index is 6.53. The van der Waals surface area contributed by atoms with Gasteiger partial charge in [0.15, 0.2) is 5.84 Å². The van der Waals surface area contributed by atoms with Crippen molar-refractivity contribution in [2.45, 2.75) is 25.4 Å². The van der Waals surface area contributed by atoms with Crippen LogP contribution in [-0.2, 0) is 5.41 Å². The van der Waals surface area contributed by atoms with Crippen LogP contribution in [0.25, 0.3) is 77.1 Å². The lowest BCUT2D eigenvalue weighted by Gasteiger charge is -2.25. The van der Waals surface area contributed by atoms with E-state index in [1.165, 1.54) is 22.3 Å². The van der Waals surface area contributed by atoms with Crippen LogP contribution in [0, 0.1) is 0 Å². The second kappa shape index (κ2) is 13.2. The predicted molar refractivity (Wildman–Crippen MR) is 247 cm³/mol. The number of pyridine rings is 1. The largest absolute Gasteiger partial charge is 0.455 e. The standard InChI is InChI=1S/C55H38N4O/c1-55(2)45-21-11-8-18-40(45)41-29-28-36(32-46(41)55)54-58-52(34-14-4-3-5-15-34)57-53(59-54)35-26-24-33(25-27-35)37-30-31-42(39-17-7-6-16-38(37)39)50-49-44-20-10-13-23-48(44)60-51(49)43-19-9-12-22-47(43)56-50/h3-32,52H,1-2H3,(H,57,58,59). The molecule has 0 fully saturated rings. The molecular weight excluding hydrogens is 733 g/mol. The number of amidine groups is 2. The van der Waals surface area contributed by atoms with E-state index in [-0.39, 0.29) is 11.6 Å². The van der Waals surface area contributed by atoms with Crippen LogP contribution in [-0.4, -0.2) is 16.7 Å². The number of para-hydroxylation sites is 2. The van der Waals surface area contributed by atoms with Gasteiger partial charge in [0.1, 0.15) is 23.2 Å². The van der Waals surface area contributed by atoms with Gasteiger partial charge >= 0.3 is 0 Å². The average molecular weight is 771 g/mol. The van der Waals surface area contributed by atoms with E-state index < -0.39 is 0 Å². The van der Waals surface area contributed by atoms with Gasteiger partial charge in [0.05, 0.1) is 16.6 Å². The monoisotopic (exact) mass is 770 g/mol. The Hall–Kier alpha value is -7.63. The molecule has 12 rings (SSSR count). The van der Waals surface area contributed by atoms with Crippen molar-refractivity contribution in [2.24, 2.45) is 9.98 Å². The van der Waals surface area contributed by atoms with E-state index in [2.05, 4.69) is 171 Å². The van der Waals surface area contributed by atoms with E-state index in [1.807, 2.05) is 30.3 Å². The first kappa shape index (κ1) is 34.4. The predicted octanol–water partition coefficient (Wildman–Crippen LogP) is 13.4. The summed E-state index contributed by atoms with van der Waals surface area (Å²) in [5.41, 5.74) is 15.2. The highest BCUT2D eigenvalue weighted by Crippen LogP contribution is 2.49. The summed E-state index contributed by atoms with van der Waals surface area (Å²) < 4.78 is 6.53. The molecule has 1 atom stereocenters. The molecule has 2 aromatic heterocycles. The number of aromatic nitrogens is 1. The number of aliphatic imine (C=N–C) groups is 2. The molecule has 10 aromatic rings. The molecule has 1 N–H and O–H groups in total. The van der Waals surface area contributed by atoms with Crippen LogP contribution in [0.2, 0.25) is 0 Å². The minimum atomic E-state index is -0.286. The number of hydrogen-bond acceptors (Lipinski definition) is 5. The number of furan rings is 1. The third kappa shape index (κ3) is 5.29. The minimum Gasteiger partial charge on any atom is -0.455 e. The smallest absolute Gasteiger partial charge is 0.159 e. The van der Waals surface area contributed by atoms with E-state index in [0.29, 0.717) is 5.84 Å². The maximum Gasteiger partial charge on any atom is 0.159 e.